The molecule has 2 rings (SSSR count). The zero-order chi connectivity index (χ0) is 15.5. The molecule has 21 heavy (non-hydrogen) atoms. The van der Waals surface area contributed by atoms with Crippen LogP contribution in [0.2, 0.25) is 0 Å². The maximum atomic E-state index is 12.7. The first kappa shape index (κ1) is 16.3. The molecular weight excluding hydrogens is 284 g/mol. The molecule has 1 aromatic carbocycles. The SMILES string of the molecule is CCc1ccc(N)cc1S(=O)(=O)NC1CCCCCC1C. The van der Waals surface area contributed by atoms with Crippen molar-refractivity contribution in [2.45, 2.75) is 63.3 Å². The Balaban J connectivity index is 2.27. The Morgan fingerprint density at radius 1 is 1.24 bits per heavy atom. The van der Waals surface area contributed by atoms with Gasteiger partial charge in [0.05, 0.1) is 4.90 Å². The minimum atomic E-state index is -3.50. The zero-order valence-electron chi connectivity index (χ0n) is 12.9. The molecule has 1 fully saturated rings. The van der Waals surface area contributed by atoms with Gasteiger partial charge < -0.3 is 5.73 Å². The molecule has 1 aromatic rings. The molecule has 0 spiro atoms. The van der Waals surface area contributed by atoms with Crippen molar-refractivity contribution in [3.05, 3.63) is 23.8 Å². The van der Waals surface area contributed by atoms with Crippen LogP contribution in [0.25, 0.3) is 0 Å². The maximum absolute atomic E-state index is 12.7. The van der Waals surface area contributed by atoms with Crippen molar-refractivity contribution in [3.8, 4) is 0 Å². The third kappa shape index (κ3) is 3.98. The standard InChI is InChI=1S/C16H26N2O2S/c1-3-13-9-10-14(17)11-16(13)21(19,20)18-15-8-6-4-5-7-12(15)2/h9-12,15,18H,3-8,17H2,1-2H3. The van der Waals surface area contributed by atoms with Gasteiger partial charge in [-0.3, -0.25) is 0 Å². The van der Waals surface area contributed by atoms with Gasteiger partial charge in [0.1, 0.15) is 0 Å². The Hall–Kier alpha value is -1.07. The maximum Gasteiger partial charge on any atom is 0.241 e. The fourth-order valence-electron chi connectivity index (χ4n) is 3.04. The van der Waals surface area contributed by atoms with E-state index in [2.05, 4.69) is 11.6 Å². The van der Waals surface area contributed by atoms with Crippen LogP contribution >= 0.6 is 0 Å². The van der Waals surface area contributed by atoms with Gasteiger partial charge in [-0.1, -0.05) is 39.2 Å². The van der Waals surface area contributed by atoms with Crippen LogP contribution in [0.1, 0.15) is 51.5 Å². The van der Waals surface area contributed by atoms with E-state index in [9.17, 15) is 8.42 Å². The van der Waals surface area contributed by atoms with Crippen LogP contribution in [0, 0.1) is 5.92 Å². The Labute approximate surface area is 128 Å². The Kier molecular flexibility index (Phi) is 5.27. The van der Waals surface area contributed by atoms with Gasteiger partial charge in [0, 0.05) is 11.7 Å². The van der Waals surface area contributed by atoms with Crippen molar-refractivity contribution in [2.24, 2.45) is 5.92 Å². The van der Waals surface area contributed by atoms with Gasteiger partial charge in [0.2, 0.25) is 10.0 Å². The van der Waals surface area contributed by atoms with Crippen molar-refractivity contribution in [3.63, 3.8) is 0 Å². The van der Waals surface area contributed by atoms with Crippen LogP contribution < -0.4 is 10.5 Å². The second-order valence-electron chi connectivity index (χ2n) is 6.06. The number of rotatable bonds is 4. The lowest BCUT2D eigenvalue weighted by Crippen LogP contribution is -2.39. The molecule has 0 aliphatic heterocycles. The van der Waals surface area contributed by atoms with Crippen molar-refractivity contribution in [1.29, 1.82) is 0 Å². The lowest BCUT2D eigenvalue weighted by Gasteiger charge is -2.23. The lowest BCUT2D eigenvalue weighted by atomic mass is 9.98. The topological polar surface area (TPSA) is 72.2 Å². The van der Waals surface area contributed by atoms with Crippen LogP contribution in [0.3, 0.4) is 0 Å². The van der Waals surface area contributed by atoms with Crippen molar-refractivity contribution >= 4 is 15.7 Å². The second kappa shape index (κ2) is 6.79. The van der Waals surface area contributed by atoms with Crippen LogP contribution in [-0.4, -0.2) is 14.5 Å². The van der Waals surface area contributed by atoms with Gasteiger partial charge in [-0.25, -0.2) is 13.1 Å². The summed E-state index contributed by atoms with van der Waals surface area (Å²) in [6, 6.07) is 5.17. The summed E-state index contributed by atoms with van der Waals surface area (Å²) in [5.41, 5.74) is 7.08. The van der Waals surface area contributed by atoms with E-state index in [1.54, 1.807) is 18.2 Å². The summed E-state index contributed by atoms with van der Waals surface area (Å²) in [6.07, 6.45) is 6.17. The van der Waals surface area contributed by atoms with E-state index in [0.29, 0.717) is 22.9 Å². The van der Waals surface area contributed by atoms with Crippen molar-refractivity contribution in [2.75, 3.05) is 5.73 Å². The highest BCUT2D eigenvalue weighted by atomic mass is 32.2. The molecule has 118 valence electrons. The molecule has 0 amide bonds. The number of benzene rings is 1. The number of nitrogen functional groups attached to an aromatic ring is 1. The third-order valence-corrected chi connectivity index (χ3v) is 6.00. The molecule has 2 unspecified atom stereocenters. The fraction of sp³-hybridized carbons (Fsp3) is 0.625. The van der Waals surface area contributed by atoms with E-state index < -0.39 is 10.0 Å². The summed E-state index contributed by atoms with van der Waals surface area (Å²) in [4.78, 5) is 0.335. The van der Waals surface area contributed by atoms with Crippen molar-refractivity contribution < 1.29 is 8.42 Å². The first-order valence-electron chi connectivity index (χ1n) is 7.84. The van der Waals surface area contributed by atoms with Crippen LogP contribution in [0.15, 0.2) is 23.1 Å². The Bertz CT molecular complexity index is 584. The normalized spacial score (nSPS) is 23.7. The highest BCUT2D eigenvalue weighted by molar-refractivity contribution is 7.89. The van der Waals surface area contributed by atoms with Crippen LogP contribution in [0.5, 0.6) is 0 Å². The molecule has 0 radical (unpaired) electrons. The van der Waals surface area contributed by atoms with Crippen LogP contribution in [0.4, 0.5) is 5.69 Å². The Morgan fingerprint density at radius 3 is 2.67 bits per heavy atom. The number of nitrogens with two attached hydrogens (primary N) is 1. The molecule has 0 aromatic heterocycles. The molecule has 0 saturated heterocycles. The van der Waals surface area contributed by atoms with Gasteiger partial charge in [0.25, 0.3) is 0 Å². The molecule has 1 aliphatic carbocycles. The van der Waals surface area contributed by atoms with E-state index in [1.807, 2.05) is 6.92 Å². The number of hydrogen-bond acceptors (Lipinski definition) is 3. The predicted molar refractivity (Wildman–Crippen MR) is 86.6 cm³/mol. The van der Waals surface area contributed by atoms with Gasteiger partial charge in [-0.15, -0.1) is 0 Å². The van der Waals surface area contributed by atoms with E-state index in [4.69, 9.17) is 5.73 Å². The second-order valence-corrected chi connectivity index (χ2v) is 7.75. The number of nitrogens with one attached hydrogen (secondary N) is 1. The largest absolute Gasteiger partial charge is 0.399 e. The number of aryl methyl sites for hydroxylation is 1. The third-order valence-electron chi connectivity index (χ3n) is 4.43. The summed E-state index contributed by atoms with van der Waals surface area (Å²) in [7, 11) is -3.50. The molecule has 3 N–H and O–H groups in total. The summed E-state index contributed by atoms with van der Waals surface area (Å²) >= 11 is 0. The van der Waals surface area contributed by atoms with E-state index in [1.165, 1.54) is 12.8 Å². The quantitative estimate of drug-likeness (QED) is 0.663. The molecule has 0 bridgehead atoms. The van der Waals surface area contributed by atoms with Crippen LogP contribution in [-0.2, 0) is 16.4 Å². The van der Waals surface area contributed by atoms with Gasteiger partial charge in [-0.05, 0) is 42.9 Å². The molecule has 1 saturated carbocycles. The molecule has 2 atom stereocenters. The number of sulfonamides is 1. The van der Waals surface area contributed by atoms with E-state index in [-0.39, 0.29) is 6.04 Å². The minimum absolute atomic E-state index is 0.0311. The van der Waals surface area contributed by atoms with E-state index in [0.717, 1.165) is 24.8 Å². The molecule has 1 aliphatic rings. The summed E-state index contributed by atoms with van der Waals surface area (Å²) in [6.45, 7) is 4.09. The van der Waals surface area contributed by atoms with Gasteiger partial charge in [-0.2, -0.15) is 0 Å². The van der Waals surface area contributed by atoms with Gasteiger partial charge in [0.15, 0.2) is 0 Å². The highest BCUT2D eigenvalue weighted by Gasteiger charge is 2.27. The lowest BCUT2D eigenvalue weighted by molar-refractivity contribution is 0.399. The first-order chi connectivity index (χ1) is 9.94. The average Bonchev–Trinajstić information content (AvgIpc) is 2.64. The predicted octanol–water partition coefficient (Wildman–Crippen LogP) is 3.08. The summed E-state index contributed by atoms with van der Waals surface area (Å²) in [5, 5.41) is 0. The highest BCUT2D eigenvalue weighted by Crippen LogP contribution is 2.26. The van der Waals surface area contributed by atoms with Gasteiger partial charge >= 0.3 is 0 Å². The molecule has 5 heteroatoms. The monoisotopic (exact) mass is 310 g/mol. The molecule has 4 nitrogen and oxygen atoms in total. The summed E-state index contributed by atoms with van der Waals surface area (Å²) < 4.78 is 28.4. The van der Waals surface area contributed by atoms with Crippen molar-refractivity contribution in [1.82, 2.24) is 4.72 Å². The first-order valence-corrected chi connectivity index (χ1v) is 9.33. The summed E-state index contributed by atoms with van der Waals surface area (Å²) in [5.74, 6) is 0.383. The minimum Gasteiger partial charge on any atom is -0.399 e. The fourth-order valence-corrected chi connectivity index (χ4v) is 4.77. The molecular formula is C16H26N2O2S. The number of hydrogen-bond donors (Lipinski definition) is 2. The average molecular weight is 310 g/mol. The Morgan fingerprint density at radius 2 is 1.95 bits per heavy atom. The zero-order valence-corrected chi connectivity index (χ0v) is 13.7. The number of anilines is 1. The smallest absolute Gasteiger partial charge is 0.241 e. The molecule has 0 heterocycles. The van der Waals surface area contributed by atoms with E-state index >= 15 is 0 Å².